The maximum Gasteiger partial charge on any atom is 0.339 e. The molecule has 0 aliphatic heterocycles. The van der Waals surface area contributed by atoms with Crippen LogP contribution in [0.5, 0.6) is 0 Å². The topological polar surface area (TPSA) is 99.5 Å². The van der Waals surface area contributed by atoms with E-state index in [2.05, 4.69) is 15.2 Å². The molecule has 1 amide bonds. The van der Waals surface area contributed by atoms with Gasteiger partial charge in [-0.1, -0.05) is 23.7 Å². The van der Waals surface area contributed by atoms with E-state index in [1.165, 1.54) is 13.2 Å². The first kappa shape index (κ1) is 22.0. The van der Waals surface area contributed by atoms with Gasteiger partial charge < -0.3 is 14.8 Å². The predicted octanol–water partition coefficient (Wildman–Crippen LogP) is 3.72. The molecule has 0 aliphatic rings. The summed E-state index contributed by atoms with van der Waals surface area (Å²) in [6, 6.07) is 12.9. The number of anilines is 1. The van der Waals surface area contributed by atoms with Crippen molar-refractivity contribution in [2.75, 3.05) is 19.0 Å². The van der Waals surface area contributed by atoms with Gasteiger partial charge in [-0.3, -0.25) is 4.79 Å². The van der Waals surface area contributed by atoms with Crippen LogP contribution in [-0.4, -0.2) is 41.3 Å². The molecule has 0 radical (unpaired) electrons. The largest absolute Gasteiger partial charge is 0.465 e. The molecule has 1 aromatic heterocycles. The van der Waals surface area contributed by atoms with Gasteiger partial charge in [-0.25, -0.2) is 14.3 Å². The highest BCUT2D eigenvalue weighted by atomic mass is 35.5. The van der Waals surface area contributed by atoms with Gasteiger partial charge in [0.2, 0.25) is 0 Å². The number of esters is 2. The van der Waals surface area contributed by atoms with Crippen LogP contribution in [0, 0.1) is 13.8 Å². The number of benzene rings is 2. The molecule has 8 nitrogen and oxygen atoms in total. The number of nitrogens with one attached hydrogen (secondary N) is 1. The van der Waals surface area contributed by atoms with Crippen molar-refractivity contribution in [2.24, 2.45) is 0 Å². The Kier molecular flexibility index (Phi) is 6.71. The predicted molar refractivity (Wildman–Crippen MR) is 115 cm³/mol. The van der Waals surface area contributed by atoms with Gasteiger partial charge in [-0.15, -0.1) is 0 Å². The van der Waals surface area contributed by atoms with Gasteiger partial charge in [0.25, 0.3) is 5.91 Å². The molecule has 9 heteroatoms. The van der Waals surface area contributed by atoms with Gasteiger partial charge in [0.05, 0.1) is 46.0 Å². The highest BCUT2D eigenvalue weighted by Crippen LogP contribution is 2.22. The van der Waals surface area contributed by atoms with Crippen molar-refractivity contribution < 1.29 is 23.9 Å². The Labute approximate surface area is 183 Å². The minimum absolute atomic E-state index is 0.199. The lowest BCUT2D eigenvalue weighted by atomic mass is 10.2. The maximum atomic E-state index is 12.3. The Morgan fingerprint density at radius 2 is 1.71 bits per heavy atom. The fourth-order valence-electron chi connectivity index (χ4n) is 2.89. The summed E-state index contributed by atoms with van der Waals surface area (Å²) in [5.74, 6) is -1.83. The van der Waals surface area contributed by atoms with Gasteiger partial charge in [0.15, 0.2) is 6.61 Å². The lowest BCUT2D eigenvalue weighted by Gasteiger charge is -2.10. The molecule has 0 saturated heterocycles. The van der Waals surface area contributed by atoms with Crippen molar-refractivity contribution in [2.45, 2.75) is 13.8 Å². The number of ether oxygens (including phenoxy) is 2. The highest BCUT2D eigenvalue weighted by Gasteiger charge is 2.16. The zero-order valence-corrected chi connectivity index (χ0v) is 17.9. The van der Waals surface area contributed by atoms with Crippen LogP contribution >= 0.6 is 11.6 Å². The number of hydrogen-bond donors (Lipinski definition) is 1. The minimum Gasteiger partial charge on any atom is -0.465 e. The Morgan fingerprint density at radius 1 is 1.03 bits per heavy atom. The Hall–Kier alpha value is -3.65. The number of hydrogen-bond acceptors (Lipinski definition) is 6. The van der Waals surface area contributed by atoms with E-state index >= 15 is 0 Å². The SMILES string of the molecule is COC(=O)c1ccccc1NC(=O)COC(=O)c1ccc(-n2nc(C)c(Cl)c2C)cc1. The van der Waals surface area contributed by atoms with Crippen molar-refractivity contribution in [3.05, 3.63) is 76.1 Å². The monoisotopic (exact) mass is 441 g/mol. The normalized spacial score (nSPS) is 10.5. The van der Waals surface area contributed by atoms with Gasteiger partial charge in [-0.05, 0) is 50.2 Å². The minimum atomic E-state index is -0.658. The maximum absolute atomic E-state index is 12.3. The molecular weight excluding hydrogens is 422 g/mol. The van der Waals surface area contributed by atoms with E-state index in [1.807, 2.05) is 13.8 Å². The van der Waals surface area contributed by atoms with Gasteiger partial charge >= 0.3 is 11.9 Å². The summed E-state index contributed by atoms with van der Waals surface area (Å²) in [6.45, 7) is 3.15. The van der Waals surface area contributed by atoms with Crippen LogP contribution < -0.4 is 5.32 Å². The highest BCUT2D eigenvalue weighted by molar-refractivity contribution is 6.31. The number of aryl methyl sites for hydroxylation is 1. The molecule has 160 valence electrons. The summed E-state index contributed by atoms with van der Waals surface area (Å²) >= 11 is 6.17. The average molecular weight is 442 g/mol. The number of rotatable bonds is 6. The summed E-state index contributed by atoms with van der Waals surface area (Å²) in [7, 11) is 1.25. The summed E-state index contributed by atoms with van der Waals surface area (Å²) in [5, 5.41) is 7.48. The van der Waals surface area contributed by atoms with Gasteiger partial charge in [0, 0.05) is 0 Å². The van der Waals surface area contributed by atoms with Gasteiger partial charge in [-0.2, -0.15) is 5.10 Å². The number of carbonyl (C=O) groups is 3. The van der Waals surface area contributed by atoms with Crippen LogP contribution in [0.2, 0.25) is 5.02 Å². The molecule has 0 atom stereocenters. The smallest absolute Gasteiger partial charge is 0.339 e. The number of amides is 1. The zero-order chi connectivity index (χ0) is 22.5. The van der Waals surface area contributed by atoms with Crippen LogP contribution in [0.15, 0.2) is 48.5 Å². The Balaban J connectivity index is 1.62. The molecule has 0 spiro atoms. The van der Waals surface area contributed by atoms with E-state index in [0.29, 0.717) is 10.7 Å². The fourth-order valence-corrected chi connectivity index (χ4v) is 3.01. The third-order valence-corrected chi connectivity index (χ3v) is 5.04. The molecule has 0 fully saturated rings. The van der Waals surface area contributed by atoms with E-state index in [1.54, 1.807) is 47.1 Å². The van der Waals surface area contributed by atoms with Crippen LogP contribution in [0.3, 0.4) is 0 Å². The number of para-hydroxylation sites is 1. The fraction of sp³-hybridized carbons (Fsp3) is 0.182. The number of halogens is 1. The summed E-state index contributed by atoms with van der Waals surface area (Å²) in [5.41, 5.74) is 2.98. The quantitative estimate of drug-likeness (QED) is 0.585. The van der Waals surface area contributed by atoms with E-state index in [9.17, 15) is 14.4 Å². The summed E-state index contributed by atoms with van der Waals surface area (Å²) in [6.07, 6.45) is 0. The Morgan fingerprint density at radius 3 is 2.32 bits per heavy atom. The first-order valence-corrected chi connectivity index (χ1v) is 9.66. The molecular formula is C22H20ClN3O5. The molecule has 3 rings (SSSR count). The van der Waals surface area contributed by atoms with E-state index in [4.69, 9.17) is 16.3 Å². The summed E-state index contributed by atoms with van der Waals surface area (Å²) < 4.78 is 11.4. The molecule has 31 heavy (non-hydrogen) atoms. The standard InChI is InChI=1S/C22H20ClN3O5/c1-13-20(23)14(2)26(25-13)16-10-8-15(9-11-16)21(28)31-12-19(27)24-18-7-5-4-6-17(18)22(29)30-3/h4-11H,12H2,1-3H3,(H,24,27). The summed E-state index contributed by atoms with van der Waals surface area (Å²) in [4.78, 5) is 36.2. The van der Waals surface area contributed by atoms with Crippen molar-refractivity contribution in [3.63, 3.8) is 0 Å². The van der Waals surface area contributed by atoms with Crippen LogP contribution in [-0.2, 0) is 14.3 Å². The van der Waals surface area contributed by atoms with Gasteiger partial charge in [0.1, 0.15) is 0 Å². The van der Waals surface area contributed by atoms with E-state index < -0.39 is 24.5 Å². The van der Waals surface area contributed by atoms with Crippen molar-refractivity contribution in [1.29, 1.82) is 0 Å². The molecule has 1 heterocycles. The Bertz CT molecular complexity index is 1140. The molecule has 0 unspecified atom stereocenters. The first-order valence-electron chi connectivity index (χ1n) is 9.28. The number of aromatic nitrogens is 2. The van der Waals surface area contributed by atoms with Crippen LogP contribution in [0.4, 0.5) is 5.69 Å². The van der Waals surface area contributed by atoms with E-state index in [-0.39, 0.29) is 16.8 Å². The second kappa shape index (κ2) is 9.44. The third kappa shape index (κ3) is 4.92. The second-order valence-electron chi connectivity index (χ2n) is 6.60. The molecule has 0 saturated carbocycles. The number of carbonyl (C=O) groups excluding carboxylic acids is 3. The lowest BCUT2D eigenvalue weighted by molar-refractivity contribution is -0.119. The van der Waals surface area contributed by atoms with E-state index in [0.717, 1.165) is 11.4 Å². The molecule has 0 aliphatic carbocycles. The first-order chi connectivity index (χ1) is 14.8. The molecule has 3 aromatic rings. The number of methoxy groups -OCH3 is 1. The molecule has 2 aromatic carbocycles. The van der Waals surface area contributed by atoms with Crippen LogP contribution in [0.1, 0.15) is 32.1 Å². The average Bonchev–Trinajstić information content (AvgIpc) is 3.04. The second-order valence-corrected chi connectivity index (χ2v) is 6.98. The lowest BCUT2D eigenvalue weighted by Crippen LogP contribution is -2.22. The van der Waals surface area contributed by atoms with Crippen LogP contribution in [0.25, 0.3) is 5.69 Å². The zero-order valence-electron chi connectivity index (χ0n) is 17.1. The molecule has 1 N–H and O–H groups in total. The number of nitrogens with zero attached hydrogens (tertiary/aromatic N) is 2. The van der Waals surface area contributed by atoms with Crippen molar-refractivity contribution in [3.8, 4) is 5.69 Å². The van der Waals surface area contributed by atoms with Crippen molar-refractivity contribution >= 4 is 35.1 Å². The third-order valence-electron chi connectivity index (χ3n) is 4.49. The molecule has 0 bridgehead atoms. The van der Waals surface area contributed by atoms with Crippen molar-refractivity contribution in [1.82, 2.24) is 9.78 Å².